The maximum Gasteiger partial charge on any atom is 0.482 e. The van der Waals surface area contributed by atoms with E-state index in [2.05, 4.69) is 11.9 Å². The van der Waals surface area contributed by atoms with Crippen LogP contribution in [-0.4, -0.2) is 48.4 Å². The molecule has 0 atom stereocenters. The number of alkyl halides is 3. The van der Waals surface area contributed by atoms with Gasteiger partial charge in [0.2, 0.25) is 0 Å². The molecule has 0 aliphatic rings. The minimum absolute atomic E-state index is 0.00755. The number of carboxylic acid groups (broad SMARTS) is 1. The Morgan fingerprint density at radius 3 is 2.32 bits per heavy atom. The fraction of sp³-hybridized carbons (Fsp3) is 0.207. The average molecular weight is 587 g/mol. The molecule has 8 nitrogen and oxygen atoms in total. The summed E-state index contributed by atoms with van der Waals surface area (Å²) in [5, 5.41) is 13.3. The minimum atomic E-state index is -4.57. The van der Waals surface area contributed by atoms with Gasteiger partial charge < -0.3 is 20.1 Å². The highest BCUT2D eigenvalue weighted by Gasteiger charge is 2.27. The minimum Gasteiger partial charge on any atom is -0.497 e. The molecule has 1 amide bonds. The number of thioether (sulfide) groups is 1. The van der Waals surface area contributed by atoms with Gasteiger partial charge in [-0.1, -0.05) is 42.6 Å². The second-order valence-electron chi connectivity index (χ2n) is 8.63. The van der Waals surface area contributed by atoms with Crippen LogP contribution in [0.25, 0.3) is 5.70 Å². The summed E-state index contributed by atoms with van der Waals surface area (Å²) in [6.45, 7) is 4.38. The summed E-state index contributed by atoms with van der Waals surface area (Å²) in [7, 11) is 1.56. The lowest BCUT2D eigenvalue weighted by Gasteiger charge is -2.26. The lowest BCUT2D eigenvalue weighted by atomic mass is 10.1. The number of carbonyl (C=O) groups excluding carboxylic acids is 1. The topological polar surface area (TPSA) is 103 Å². The number of methoxy groups -OCH3 is 1. The molecule has 12 heteroatoms. The summed E-state index contributed by atoms with van der Waals surface area (Å²) in [6.07, 6.45) is -2.92. The Hall–Kier alpha value is -4.45. The number of halogens is 3. The molecule has 0 saturated carbocycles. The summed E-state index contributed by atoms with van der Waals surface area (Å²) >= 11 is 1.33. The van der Waals surface area contributed by atoms with Crippen LogP contribution in [0, 0.1) is 0 Å². The number of benzene rings is 3. The van der Waals surface area contributed by atoms with E-state index < -0.39 is 18.2 Å². The van der Waals surface area contributed by atoms with Crippen LogP contribution in [0.2, 0.25) is 0 Å². The first-order valence-corrected chi connectivity index (χ1v) is 13.5. The Labute approximate surface area is 239 Å². The van der Waals surface area contributed by atoms with Gasteiger partial charge in [-0.05, 0) is 60.4 Å². The van der Waals surface area contributed by atoms with E-state index in [1.807, 2.05) is 23.3 Å². The van der Waals surface area contributed by atoms with Gasteiger partial charge in [0.1, 0.15) is 5.75 Å². The molecule has 0 radical (unpaired) electrons. The molecule has 0 bridgehead atoms. The first-order chi connectivity index (χ1) is 19.5. The van der Waals surface area contributed by atoms with Gasteiger partial charge in [-0.3, -0.25) is 14.9 Å². The van der Waals surface area contributed by atoms with Crippen molar-refractivity contribution in [2.45, 2.75) is 19.3 Å². The van der Waals surface area contributed by atoms with Crippen LogP contribution in [0.3, 0.4) is 0 Å². The SMILES string of the molecule is C=C(N=C(SC)N(Cc1ccc(C(=O)NCCC(=O)O)cc1)c1ccc(NC(F)(F)F)cc1)c1cccc(OC)c1. The van der Waals surface area contributed by atoms with Crippen LogP contribution < -0.4 is 20.3 Å². The van der Waals surface area contributed by atoms with Crippen molar-refractivity contribution in [3.63, 3.8) is 0 Å². The number of hydrogen-bond acceptors (Lipinski definition) is 6. The average Bonchev–Trinajstić information content (AvgIpc) is 2.94. The van der Waals surface area contributed by atoms with E-state index in [1.54, 1.807) is 55.6 Å². The molecular formula is C29H29F3N4O4S. The Morgan fingerprint density at radius 2 is 1.73 bits per heavy atom. The fourth-order valence-electron chi connectivity index (χ4n) is 3.69. The van der Waals surface area contributed by atoms with Gasteiger partial charge in [0.15, 0.2) is 5.17 Å². The van der Waals surface area contributed by atoms with E-state index >= 15 is 0 Å². The lowest BCUT2D eigenvalue weighted by molar-refractivity contribution is -0.136. The van der Waals surface area contributed by atoms with E-state index in [4.69, 9.17) is 14.8 Å². The zero-order valence-corrected chi connectivity index (χ0v) is 23.2. The van der Waals surface area contributed by atoms with Crippen LogP contribution in [-0.2, 0) is 11.3 Å². The Bertz CT molecular complexity index is 1390. The van der Waals surface area contributed by atoms with E-state index in [0.29, 0.717) is 27.9 Å². The molecule has 0 heterocycles. The largest absolute Gasteiger partial charge is 0.497 e. The normalized spacial score (nSPS) is 11.5. The number of nitrogens with one attached hydrogen (secondary N) is 2. The zero-order chi connectivity index (χ0) is 30.0. The molecule has 216 valence electrons. The maximum absolute atomic E-state index is 12.8. The third-order valence-electron chi connectivity index (χ3n) is 5.69. The van der Waals surface area contributed by atoms with Crippen LogP contribution >= 0.6 is 11.8 Å². The van der Waals surface area contributed by atoms with Crippen molar-refractivity contribution in [1.29, 1.82) is 0 Å². The quantitative estimate of drug-likeness (QED) is 0.139. The summed E-state index contributed by atoms with van der Waals surface area (Å²) in [5.74, 6) is -0.770. The Kier molecular flexibility index (Phi) is 10.8. The van der Waals surface area contributed by atoms with Gasteiger partial charge in [0, 0.05) is 29.0 Å². The molecule has 3 aromatic carbocycles. The molecule has 0 aliphatic carbocycles. The number of anilines is 2. The second kappa shape index (κ2) is 14.3. The van der Waals surface area contributed by atoms with E-state index in [0.717, 1.165) is 11.1 Å². The molecule has 0 aliphatic heterocycles. The highest BCUT2D eigenvalue weighted by atomic mass is 32.2. The highest BCUT2D eigenvalue weighted by Crippen LogP contribution is 2.28. The molecule has 3 rings (SSSR count). The molecule has 0 aromatic heterocycles. The van der Waals surface area contributed by atoms with Crippen LogP contribution in [0.1, 0.15) is 27.9 Å². The predicted molar refractivity (Wildman–Crippen MR) is 156 cm³/mol. The van der Waals surface area contributed by atoms with E-state index in [1.165, 1.54) is 29.2 Å². The maximum atomic E-state index is 12.8. The molecule has 0 unspecified atom stereocenters. The van der Waals surface area contributed by atoms with Crippen molar-refractivity contribution >= 4 is 45.9 Å². The number of amidine groups is 1. The third kappa shape index (κ3) is 9.60. The van der Waals surface area contributed by atoms with E-state index in [-0.39, 0.29) is 25.2 Å². The number of rotatable bonds is 11. The molecule has 41 heavy (non-hydrogen) atoms. The molecule has 0 spiro atoms. The number of amides is 1. The van der Waals surface area contributed by atoms with Crippen molar-refractivity contribution in [3.8, 4) is 5.75 Å². The number of aliphatic imine (C=N–C) groups is 1. The number of ether oxygens (including phenoxy) is 1. The van der Waals surface area contributed by atoms with Gasteiger partial charge in [0.25, 0.3) is 5.91 Å². The Balaban J connectivity index is 1.91. The molecular weight excluding hydrogens is 557 g/mol. The first kappa shape index (κ1) is 31.1. The van der Waals surface area contributed by atoms with Crippen molar-refractivity contribution in [2.75, 3.05) is 30.1 Å². The highest BCUT2D eigenvalue weighted by molar-refractivity contribution is 8.13. The predicted octanol–water partition coefficient (Wildman–Crippen LogP) is 6.23. The van der Waals surface area contributed by atoms with E-state index in [9.17, 15) is 22.8 Å². The molecule has 0 fully saturated rings. The first-order valence-electron chi connectivity index (χ1n) is 12.3. The van der Waals surface area contributed by atoms with Gasteiger partial charge in [-0.25, -0.2) is 4.99 Å². The van der Waals surface area contributed by atoms with Crippen molar-refractivity contribution in [2.24, 2.45) is 4.99 Å². The smallest absolute Gasteiger partial charge is 0.482 e. The van der Waals surface area contributed by atoms with Crippen molar-refractivity contribution < 1.29 is 32.6 Å². The van der Waals surface area contributed by atoms with Crippen LogP contribution in [0.15, 0.2) is 84.4 Å². The summed E-state index contributed by atoms with van der Waals surface area (Å²) in [4.78, 5) is 29.6. The summed E-state index contributed by atoms with van der Waals surface area (Å²) in [5.41, 5.74) is 2.82. The van der Waals surface area contributed by atoms with Crippen LogP contribution in [0.5, 0.6) is 5.75 Å². The summed E-state index contributed by atoms with van der Waals surface area (Å²) in [6, 6.07) is 19.7. The number of aliphatic carboxylic acids is 1. The fourth-order valence-corrected chi connectivity index (χ4v) is 4.28. The molecule has 0 saturated heterocycles. The Morgan fingerprint density at radius 1 is 1.05 bits per heavy atom. The number of nitrogens with zero attached hydrogens (tertiary/aromatic N) is 2. The number of hydrogen-bond donors (Lipinski definition) is 3. The van der Waals surface area contributed by atoms with Gasteiger partial charge in [0.05, 0.1) is 25.8 Å². The van der Waals surface area contributed by atoms with Crippen LogP contribution in [0.4, 0.5) is 24.5 Å². The lowest BCUT2D eigenvalue weighted by Crippen LogP contribution is -2.28. The number of carbonyl (C=O) groups is 2. The standard InChI is InChI=1S/C29H29F3N4O4S/c1-19(22-5-4-6-25(17-22)40-2)34-28(41-3)36(24-13-11-23(12-14-24)35-29(30,31)32)18-20-7-9-21(10-8-20)27(39)33-16-15-26(37)38/h4-14,17,35H,1,15-16,18H2,2-3H3,(H,33,39)(H,37,38). The third-order valence-corrected chi connectivity index (χ3v) is 6.37. The van der Waals surface area contributed by atoms with Gasteiger partial charge >= 0.3 is 12.3 Å². The van der Waals surface area contributed by atoms with Crippen molar-refractivity contribution in [3.05, 3.63) is 96.1 Å². The van der Waals surface area contributed by atoms with Gasteiger partial charge in [-0.15, -0.1) is 0 Å². The second-order valence-corrected chi connectivity index (χ2v) is 9.40. The molecule has 3 aromatic rings. The monoisotopic (exact) mass is 586 g/mol. The molecule has 3 N–H and O–H groups in total. The van der Waals surface area contributed by atoms with Crippen molar-refractivity contribution in [1.82, 2.24) is 5.32 Å². The zero-order valence-electron chi connectivity index (χ0n) is 22.4. The van der Waals surface area contributed by atoms with Gasteiger partial charge in [-0.2, -0.15) is 13.2 Å². The number of carboxylic acids is 1. The summed E-state index contributed by atoms with van der Waals surface area (Å²) < 4.78 is 43.7.